The second kappa shape index (κ2) is 10.2. The number of esters is 1. The molecular formula is C27H32FN3O6S. The minimum atomic E-state index is -4.32. The van der Waals surface area contributed by atoms with Gasteiger partial charge in [-0.25, -0.2) is 17.6 Å². The van der Waals surface area contributed by atoms with Crippen LogP contribution < -0.4 is 9.46 Å². The maximum atomic E-state index is 14.2. The molecule has 11 heteroatoms. The average Bonchev–Trinajstić information content (AvgIpc) is 3.54. The molecule has 0 bridgehead atoms. The van der Waals surface area contributed by atoms with Gasteiger partial charge < -0.3 is 19.3 Å². The number of rotatable bonds is 8. The summed E-state index contributed by atoms with van der Waals surface area (Å²) in [6, 6.07) is 6.53. The summed E-state index contributed by atoms with van der Waals surface area (Å²) in [5, 5.41) is 0. The Morgan fingerprint density at radius 1 is 1.26 bits per heavy atom. The van der Waals surface area contributed by atoms with Gasteiger partial charge in [-0.3, -0.25) is 9.52 Å². The highest BCUT2D eigenvalue weighted by atomic mass is 32.2. The summed E-state index contributed by atoms with van der Waals surface area (Å²) in [4.78, 5) is 29.4. The molecule has 5 rings (SSSR count). The largest absolute Gasteiger partial charge is 0.492 e. The monoisotopic (exact) mass is 545 g/mol. The maximum absolute atomic E-state index is 14.2. The number of carbonyl (C=O) groups excluding carboxylic acids is 2. The predicted molar refractivity (Wildman–Crippen MR) is 138 cm³/mol. The normalized spacial score (nSPS) is 22.2. The zero-order valence-electron chi connectivity index (χ0n) is 21.7. The Morgan fingerprint density at radius 3 is 2.76 bits per heavy atom. The van der Waals surface area contributed by atoms with Crippen molar-refractivity contribution in [3.63, 3.8) is 0 Å². The summed E-state index contributed by atoms with van der Waals surface area (Å²) >= 11 is 0. The number of halogens is 1. The lowest BCUT2D eigenvalue weighted by Crippen LogP contribution is -2.40. The van der Waals surface area contributed by atoms with Crippen molar-refractivity contribution in [1.82, 2.24) is 9.80 Å². The molecule has 3 atom stereocenters. The molecule has 38 heavy (non-hydrogen) atoms. The Balaban J connectivity index is 1.43. The minimum Gasteiger partial charge on any atom is -0.492 e. The van der Waals surface area contributed by atoms with Gasteiger partial charge in [-0.15, -0.1) is 0 Å². The Labute approximate surface area is 221 Å². The summed E-state index contributed by atoms with van der Waals surface area (Å²) < 4.78 is 54.6. The van der Waals surface area contributed by atoms with E-state index in [9.17, 15) is 22.4 Å². The third kappa shape index (κ3) is 4.96. The highest BCUT2D eigenvalue weighted by Crippen LogP contribution is 2.55. The van der Waals surface area contributed by atoms with Crippen molar-refractivity contribution in [3.8, 4) is 5.75 Å². The zero-order valence-corrected chi connectivity index (χ0v) is 22.5. The fraction of sp³-hybridized carbons (Fsp3) is 0.481. The molecule has 2 aromatic carbocycles. The number of sulfonamides is 1. The van der Waals surface area contributed by atoms with Crippen molar-refractivity contribution >= 4 is 27.6 Å². The number of likely N-dealkylation sites (N-methyl/N-ethyl adjacent to an activating group) is 2. The third-order valence-electron chi connectivity index (χ3n) is 7.88. The number of hydrogen-bond acceptors (Lipinski definition) is 7. The molecule has 2 aliphatic heterocycles. The van der Waals surface area contributed by atoms with Crippen LogP contribution in [0.1, 0.15) is 47.2 Å². The van der Waals surface area contributed by atoms with Crippen LogP contribution in [0.4, 0.5) is 10.1 Å². The Kier molecular flexibility index (Phi) is 7.08. The van der Waals surface area contributed by atoms with Crippen molar-refractivity contribution < 1.29 is 31.9 Å². The molecule has 0 spiro atoms. The molecule has 2 aromatic rings. The van der Waals surface area contributed by atoms with Crippen molar-refractivity contribution in [1.29, 1.82) is 0 Å². The van der Waals surface area contributed by atoms with Crippen LogP contribution in [0.25, 0.3) is 0 Å². The van der Waals surface area contributed by atoms with E-state index in [2.05, 4.69) is 16.5 Å². The zero-order chi connectivity index (χ0) is 27.2. The second-order valence-corrected chi connectivity index (χ2v) is 11.8. The first-order chi connectivity index (χ1) is 18.1. The van der Waals surface area contributed by atoms with E-state index in [1.54, 1.807) is 18.0 Å². The minimum absolute atomic E-state index is 0.000100. The van der Waals surface area contributed by atoms with E-state index in [0.717, 1.165) is 56.2 Å². The van der Waals surface area contributed by atoms with Crippen molar-refractivity contribution in [3.05, 3.63) is 52.8 Å². The van der Waals surface area contributed by atoms with E-state index < -0.39 is 21.8 Å². The Hall–Kier alpha value is -3.18. The Bertz CT molecular complexity index is 1380. The third-order valence-corrected chi connectivity index (χ3v) is 9.34. The molecular weight excluding hydrogens is 513 g/mol. The van der Waals surface area contributed by atoms with Gasteiger partial charge >= 0.3 is 5.97 Å². The fourth-order valence-electron chi connectivity index (χ4n) is 5.49. The molecule has 1 saturated heterocycles. The standard InChI is InChI=1S/C27H32FN3O6S/c1-4-31-10-9-19(14-31)30(2)24(32)13-16-11-18(28)5-8-23(16)38(34,35)29-22-7-6-20-21-12-17(21)15-37-26(20)25(22)27(33)36-3/h5-8,11,17,19,21,29H,4,9-10,12-15H2,1-3H3/t17?,19-,21?/m1/s1. The summed E-state index contributed by atoms with van der Waals surface area (Å²) in [7, 11) is -1.41. The van der Waals surface area contributed by atoms with Crippen molar-refractivity contribution in [2.45, 2.75) is 43.0 Å². The summed E-state index contributed by atoms with van der Waals surface area (Å²) in [5.74, 6) is -0.668. The molecule has 1 saturated carbocycles. The van der Waals surface area contributed by atoms with Crippen LogP contribution >= 0.6 is 0 Å². The first-order valence-electron chi connectivity index (χ1n) is 12.8. The SMILES string of the molecule is CCN1CC[C@@H](N(C)C(=O)Cc2cc(F)ccc2S(=O)(=O)Nc2ccc3c(c2C(=O)OC)OCC2CC32)C1. The first kappa shape index (κ1) is 26.4. The summed E-state index contributed by atoms with van der Waals surface area (Å²) in [6.07, 6.45) is 1.50. The number of anilines is 1. The smallest absolute Gasteiger partial charge is 0.343 e. The van der Waals surface area contributed by atoms with E-state index in [1.165, 1.54) is 13.2 Å². The van der Waals surface area contributed by atoms with Crippen molar-refractivity contribution in [2.75, 3.05) is 45.1 Å². The lowest BCUT2D eigenvalue weighted by Gasteiger charge is -2.25. The molecule has 0 radical (unpaired) electrons. The van der Waals surface area contributed by atoms with Crippen LogP contribution in [0.5, 0.6) is 5.75 Å². The van der Waals surface area contributed by atoms with Gasteiger partial charge in [0, 0.05) is 32.1 Å². The van der Waals surface area contributed by atoms with Crippen LogP contribution in [0, 0.1) is 11.7 Å². The van der Waals surface area contributed by atoms with Crippen LogP contribution in [0.15, 0.2) is 35.2 Å². The van der Waals surface area contributed by atoms with Gasteiger partial charge in [-0.05, 0) is 60.7 Å². The summed E-state index contributed by atoms with van der Waals surface area (Å²) in [6.45, 7) is 5.03. The highest BCUT2D eigenvalue weighted by molar-refractivity contribution is 7.92. The average molecular weight is 546 g/mol. The molecule has 1 amide bonds. The van der Waals surface area contributed by atoms with Crippen LogP contribution in [-0.4, -0.2) is 76.5 Å². The molecule has 0 aromatic heterocycles. The van der Waals surface area contributed by atoms with Crippen LogP contribution in [0.2, 0.25) is 0 Å². The number of nitrogens with one attached hydrogen (secondary N) is 1. The van der Waals surface area contributed by atoms with Gasteiger partial charge in [0.05, 0.1) is 30.7 Å². The van der Waals surface area contributed by atoms with Crippen LogP contribution in [0.3, 0.4) is 0 Å². The van der Waals surface area contributed by atoms with Gasteiger partial charge in [-0.1, -0.05) is 13.0 Å². The van der Waals surface area contributed by atoms with Gasteiger partial charge in [0.15, 0.2) is 0 Å². The number of amides is 1. The van der Waals surface area contributed by atoms with E-state index >= 15 is 0 Å². The van der Waals surface area contributed by atoms with E-state index in [4.69, 9.17) is 9.47 Å². The quantitative estimate of drug-likeness (QED) is 0.509. The molecule has 3 aliphatic rings. The van der Waals surface area contributed by atoms with Crippen molar-refractivity contribution in [2.24, 2.45) is 5.92 Å². The van der Waals surface area contributed by atoms with E-state index in [-0.39, 0.29) is 46.0 Å². The molecule has 2 heterocycles. The van der Waals surface area contributed by atoms with Crippen LogP contribution in [-0.2, 0) is 26.0 Å². The predicted octanol–water partition coefficient (Wildman–Crippen LogP) is 3.00. The van der Waals surface area contributed by atoms with E-state index in [1.807, 2.05) is 0 Å². The molecule has 204 valence electrons. The number of carbonyl (C=O) groups is 2. The van der Waals surface area contributed by atoms with Gasteiger partial charge in [-0.2, -0.15) is 0 Å². The molecule has 2 fully saturated rings. The number of methoxy groups -OCH3 is 1. The number of fused-ring (bicyclic) bond motifs is 3. The lowest BCUT2D eigenvalue weighted by molar-refractivity contribution is -0.131. The fourth-order valence-corrected chi connectivity index (χ4v) is 6.79. The number of hydrogen-bond donors (Lipinski definition) is 1. The Morgan fingerprint density at radius 2 is 2.05 bits per heavy atom. The van der Waals surface area contributed by atoms with Gasteiger partial charge in [0.2, 0.25) is 5.91 Å². The molecule has 1 aliphatic carbocycles. The molecule has 1 N–H and O–H groups in total. The topological polar surface area (TPSA) is 105 Å². The number of ether oxygens (including phenoxy) is 2. The lowest BCUT2D eigenvalue weighted by atomic mass is 10.0. The number of likely N-dealkylation sites (tertiary alicyclic amines) is 1. The maximum Gasteiger partial charge on any atom is 0.343 e. The second-order valence-electron chi connectivity index (χ2n) is 10.2. The van der Waals surface area contributed by atoms with Gasteiger partial charge in [0.1, 0.15) is 17.1 Å². The number of nitrogens with zero attached hydrogens (tertiary/aromatic N) is 2. The van der Waals surface area contributed by atoms with Gasteiger partial charge in [0.25, 0.3) is 10.0 Å². The summed E-state index contributed by atoms with van der Waals surface area (Å²) in [5.41, 5.74) is 0.891. The molecule has 2 unspecified atom stereocenters. The highest BCUT2D eigenvalue weighted by Gasteiger charge is 2.45. The first-order valence-corrected chi connectivity index (χ1v) is 14.3. The number of benzene rings is 2. The molecule has 9 nitrogen and oxygen atoms in total. The van der Waals surface area contributed by atoms with E-state index in [0.29, 0.717) is 18.3 Å².